The maximum atomic E-state index is 9.64. The minimum Gasteiger partial charge on any atom is -0.393 e. The first-order chi connectivity index (χ1) is 12.7. The molecule has 3 N–H and O–H groups in total. The Morgan fingerprint density at radius 2 is 1.92 bits per heavy atom. The lowest BCUT2D eigenvalue weighted by atomic mass is 9.93. The number of rotatable bonds is 4. The van der Waals surface area contributed by atoms with Crippen LogP contribution in [0.4, 0.5) is 17.5 Å². The van der Waals surface area contributed by atoms with E-state index >= 15 is 0 Å². The Morgan fingerprint density at radius 3 is 2.73 bits per heavy atom. The van der Waals surface area contributed by atoms with E-state index < -0.39 is 0 Å². The number of nitrogens with one attached hydrogen (secondary N) is 2. The van der Waals surface area contributed by atoms with Gasteiger partial charge in [-0.25, -0.2) is 19.9 Å². The third kappa shape index (κ3) is 3.84. The van der Waals surface area contributed by atoms with Gasteiger partial charge in [0.25, 0.3) is 0 Å². The standard InChI is InChI=1S/C18H19ClN6O/c19-11-2-1-3-13(8-11)23-17-16-15(21-10-22-17)9-20-18(25-16)24-12-4-6-14(26)7-5-12/h1-3,8-10,12,14,26H,4-7H2,(H,20,24,25)(H,21,22,23)/t12-,14+. The van der Waals surface area contributed by atoms with Crippen molar-refractivity contribution in [2.75, 3.05) is 10.6 Å². The fourth-order valence-electron chi connectivity index (χ4n) is 3.12. The molecule has 0 amide bonds. The molecular weight excluding hydrogens is 352 g/mol. The van der Waals surface area contributed by atoms with Gasteiger partial charge in [0.2, 0.25) is 5.95 Å². The van der Waals surface area contributed by atoms with E-state index in [2.05, 4.69) is 30.6 Å². The van der Waals surface area contributed by atoms with E-state index in [4.69, 9.17) is 11.6 Å². The molecule has 0 radical (unpaired) electrons. The molecule has 2 heterocycles. The van der Waals surface area contributed by atoms with E-state index in [-0.39, 0.29) is 12.1 Å². The van der Waals surface area contributed by atoms with Crippen LogP contribution in [0, 0.1) is 0 Å². The van der Waals surface area contributed by atoms with Gasteiger partial charge in [-0.2, -0.15) is 0 Å². The van der Waals surface area contributed by atoms with E-state index in [0.29, 0.717) is 27.8 Å². The number of aromatic nitrogens is 4. The van der Waals surface area contributed by atoms with E-state index in [9.17, 15) is 5.11 Å². The molecule has 134 valence electrons. The predicted molar refractivity (Wildman–Crippen MR) is 102 cm³/mol. The normalized spacial score (nSPS) is 20.1. The molecule has 3 aromatic rings. The lowest BCUT2D eigenvalue weighted by molar-refractivity contribution is 0.126. The number of benzene rings is 1. The summed E-state index contributed by atoms with van der Waals surface area (Å²) in [6, 6.07) is 7.69. The quantitative estimate of drug-likeness (QED) is 0.646. The maximum absolute atomic E-state index is 9.64. The van der Waals surface area contributed by atoms with E-state index in [1.807, 2.05) is 24.3 Å². The number of anilines is 3. The SMILES string of the molecule is O[C@H]1CC[C@@H](Nc2ncc3ncnc(Nc4cccc(Cl)c4)c3n2)CC1. The summed E-state index contributed by atoms with van der Waals surface area (Å²) >= 11 is 6.05. The highest BCUT2D eigenvalue weighted by atomic mass is 35.5. The van der Waals surface area contributed by atoms with Crippen LogP contribution in [0.15, 0.2) is 36.8 Å². The number of nitrogens with zero attached hydrogens (tertiary/aromatic N) is 4. The molecule has 1 aromatic carbocycles. The monoisotopic (exact) mass is 370 g/mol. The van der Waals surface area contributed by atoms with Crippen LogP contribution in [0.3, 0.4) is 0 Å². The minimum absolute atomic E-state index is 0.188. The van der Waals surface area contributed by atoms with Crippen LogP contribution in [0.1, 0.15) is 25.7 Å². The van der Waals surface area contributed by atoms with Crippen molar-refractivity contribution in [2.45, 2.75) is 37.8 Å². The van der Waals surface area contributed by atoms with Gasteiger partial charge in [-0.3, -0.25) is 0 Å². The number of hydrogen-bond donors (Lipinski definition) is 3. The van der Waals surface area contributed by atoms with Crippen molar-refractivity contribution < 1.29 is 5.11 Å². The zero-order valence-electron chi connectivity index (χ0n) is 14.1. The first-order valence-electron chi connectivity index (χ1n) is 8.62. The number of hydrogen-bond acceptors (Lipinski definition) is 7. The molecule has 0 bridgehead atoms. The van der Waals surface area contributed by atoms with Crippen LogP contribution in [0.2, 0.25) is 5.02 Å². The third-order valence-electron chi connectivity index (χ3n) is 4.49. The summed E-state index contributed by atoms with van der Waals surface area (Å²) in [6.45, 7) is 0. The van der Waals surface area contributed by atoms with Crippen LogP contribution in [0.25, 0.3) is 11.0 Å². The van der Waals surface area contributed by atoms with Crippen LogP contribution < -0.4 is 10.6 Å². The molecule has 1 aliphatic rings. The van der Waals surface area contributed by atoms with Crippen LogP contribution in [0.5, 0.6) is 0 Å². The highest BCUT2D eigenvalue weighted by molar-refractivity contribution is 6.30. The molecule has 0 unspecified atom stereocenters. The number of fused-ring (bicyclic) bond motifs is 1. The molecule has 7 nitrogen and oxygen atoms in total. The van der Waals surface area contributed by atoms with Gasteiger partial charge >= 0.3 is 0 Å². The second-order valence-electron chi connectivity index (χ2n) is 6.43. The van der Waals surface area contributed by atoms with E-state index in [1.165, 1.54) is 6.33 Å². The zero-order chi connectivity index (χ0) is 17.9. The van der Waals surface area contributed by atoms with Gasteiger partial charge in [-0.05, 0) is 43.9 Å². The number of aliphatic hydroxyl groups is 1. The summed E-state index contributed by atoms with van der Waals surface area (Å²) in [6.07, 6.45) is 6.39. The topological polar surface area (TPSA) is 95.9 Å². The minimum atomic E-state index is -0.188. The Hall–Kier alpha value is -2.51. The molecule has 1 saturated carbocycles. The van der Waals surface area contributed by atoms with Crippen LogP contribution in [-0.2, 0) is 0 Å². The molecule has 4 rings (SSSR count). The molecule has 1 fully saturated rings. The zero-order valence-corrected chi connectivity index (χ0v) is 14.8. The van der Waals surface area contributed by atoms with Gasteiger partial charge in [-0.1, -0.05) is 17.7 Å². The highest BCUT2D eigenvalue weighted by Crippen LogP contribution is 2.25. The van der Waals surface area contributed by atoms with Crippen molar-refractivity contribution in [3.8, 4) is 0 Å². The average Bonchev–Trinajstić information content (AvgIpc) is 2.64. The lowest BCUT2D eigenvalue weighted by Crippen LogP contribution is -2.28. The maximum Gasteiger partial charge on any atom is 0.223 e. The number of halogens is 1. The van der Waals surface area contributed by atoms with E-state index in [0.717, 1.165) is 31.4 Å². The molecule has 0 saturated heterocycles. The van der Waals surface area contributed by atoms with Crippen molar-refractivity contribution in [2.24, 2.45) is 0 Å². The Labute approximate surface area is 155 Å². The largest absolute Gasteiger partial charge is 0.393 e. The molecular formula is C18H19ClN6O. The third-order valence-corrected chi connectivity index (χ3v) is 4.73. The Bertz CT molecular complexity index is 913. The van der Waals surface area contributed by atoms with Gasteiger partial charge in [0.15, 0.2) is 5.82 Å². The summed E-state index contributed by atoms with van der Waals surface area (Å²) in [7, 11) is 0. The van der Waals surface area contributed by atoms with Crippen molar-refractivity contribution in [3.63, 3.8) is 0 Å². The fraction of sp³-hybridized carbons (Fsp3) is 0.333. The summed E-state index contributed by atoms with van der Waals surface area (Å²) < 4.78 is 0. The van der Waals surface area contributed by atoms with Crippen molar-refractivity contribution >= 4 is 40.1 Å². The van der Waals surface area contributed by atoms with Gasteiger partial charge in [0.05, 0.1) is 12.3 Å². The molecule has 0 aliphatic heterocycles. The first-order valence-corrected chi connectivity index (χ1v) is 9.00. The Balaban J connectivity index is 1.60. The lowest BCUT2D eigenvalue weighted by Gasteiger charge is -2.26. The summed E-state index contributed by atoms with van der Waals surface area (Å²) in [4.78, 5) is 17.5. The molecule has 26 heavy (non-hydrogen) atoms. The highest BCUT2D eigenvalue weighted by Gasteiger charge is 2.20. The Kier molecular flexibility index (Phi) is 4.81. The summed E-state index contributed by atoms with van der Waals surface area (Å²) in [5.41, 5.74) is 2.13. The molecule has 0 spiro atoms. The molecule has 0 atom stereocenters. The molecule has 1 aliphatic carbocycles. The smallest absolute Gasteiger partial charge is 0.223 e. The van der Waals surface area contributed by atoms with Gasteiger partial charge < -0.3 is 15.7 Å². The summed E-state index contributed by atoms with van der Waals surface area (Å²) in [5.74, 6) is 1.14. The van der Waals surface area contributed by atoms with Crippen molar-refractivity contribution in [1.29, 1.82) is 0 Å². The van der Waals surface area contributed by atoms with E-state index in [1.54, 1.807) is 6.20 Å². The average molecular weight is 371 g/mol. The fourth-order valence-corrected chi connectivity index (χ4v) is 3.31. The second kappa shape index (κ2) is 7.39. The second-order valence-corrected chi connectivity index (χ2v) is 6.87. The first kappa shape index (κ1) is 16.9. The summed E-state index contributed by atoms with van der Waals surface area (Å²) in [5, 5.41) is 16.9. The van der Waals surface area contributed by atoms with Crippen LogP contribution >= 0.6 is 11.6 Å². The molecule has 8 heteroatoms. The van der Waals surface area contributed by atoms with Gasteiger partial charge in [-0.15, -0.1) is 0 Å². The molecule has 2 aromatic heterocycles. The van der Waals surface area contributed by atoms with Crippen molar-refractivity contribution in [3.05, 3.63) is 41.8 Å². The van der Waals surface area contributed by atoms with Gasteiger partial charge in [0.1, 0.15) is 17.4 Å². The van der Waals surface area contributed by atoms with Gasteiger partial charge in [0, 0.05) is 16.8 Å². The van der Waals surface area contributed by atoms with Crippen LogP contribution in [-0.4, -0.2) is 37.2 Å². The number of aliphatic hydroxyl groups excluding tert-OH is 1. The Morgan fingerprint density at radius 1 is 1.08 bits per heavy atom. The predicted octanol–water partition coefficient (Wildman–Crippen LogP) is 3.53. The van der Waals surface area contributed by atoms with Crippen molar-refractivity contribution in [1.82, 2.24) is 19.9 Å².